The maximum Gasteiger partial charge on any atom is 0.223 e. The first kappa shape index (κ1) is 15.1. The van der Waals surface area contributed by atoms with Crippen LogP contribution in [0.4, 0.5) is 0 Å². The quantitative estimate of drug-likeness (QED) is 0.838. The Labute approximate surface area is 124 Å². The van der Waals surface area contributed by atoms with Gasteiger partial charge in [0.1, 0.15) is 0 Å². The summed E-state index contributed by atoms with van der Waals surface area (Å²) in [5, 5.41) is 13.7. The van der Waals surface area contributed by atoms with Gasteiger partial charge in [-0.25, -0.2) is 0 Å². The van der Waals surface area contributed by atoms with Crippen molar-refractivity contribution in [2.45, 2.75) is 45.1 Å². The Hall–Kier alpha value is -1.31. The maximum atomic E-state index is 12.0. The van der Waals surface area contributed by atoms with Gasteiger partial charge >= 0.3 is 0 Å². The van der Waals surface area contributed by atoms with E-state index >= 15 is 0 Å². The van der Waals surface area contributed by atoms with E-state index in [1.165, 1.54) is 19.3 Å². The molecule has 0 aliphatic heterocycles. The van der Waals surface area contributed by atoms with Gasteiger partial charge in [0, 0.05) is 28.2 Å². The maximum absolute atomic E-state index is 12.0. The van der Waals surface area contributed by atoms with Crippen LogP contribution in [0.15, 0.2) is 11.4 Å². The molecule has 20 heavy (non-hydrogen) atoms. The van der Waals surface area contributed by atoms with E-state index in [0.29, 0.717) is 13.0 Å². The Kier molecular flexibility index (Phi) is 6.10. The summed E-state index contributed by atoms with van der Waals surface area (Å²) in [6.07, 6.45) is 6.21. The molecular formula is C16H21NO2S. The van der Waals surface area contributed by atoms with E-state index in [9.17, 15) is 4.79 Å². The van der Waals surface area contributed by atoms with Crippen molar-refractivity contribution in [1.82, 2.24) is 5.32 Å². The van der Waals surface area contributed by atoms with Crippen LogP contribution < -0.4 is 5.32 Å². The highest BCUT2D eigenvalue weighted by atomic mass is 32.1. The van der Waals surface area contributed by atoms with Crippen LogP contribution in [0.3, 0.4) is 0 Å². The summed E-state index contributed by atoms with van der Waals surface area (Å²) in [4.78, 5) is 13.2. The number of aliphatic hydroxyl groups is 1. The molecule has 0 aromatic carbocycles. The Morgan fingerprint density at radius 3 is 2.95 bits per heavy atom. The number of carbonyl (C=O) groups excluding carboxylic acids is 1. The predicted molar refractivity (Wildman–Crippen MR) is 81.3 cm³/mol. The second-order valence-corrected chi connectivity index (χ2v) is 6.13. The zero-order valence-electron chi connectivity index (χ0n) is 11.7. The van der Waals surface area contributed by atoms with Crippen LogP contribution in [-0.4, -0.2) is 17.6 Å². The van der Waals surface area contributed by atoms with Gasteiger partial charge in [-0.3, -0.25) is 4.79 Å². The zero-order valence-corrected chi connectivity index (χ0v) is 12.5. The summed E-state index contributed by atoms with van der Waals surface area (Å²) in [5.41, 5.74) is 0.963. The monoisotopic (exact) mass is 291 g/mol. The van der Waals surface area contributed by atoms with E-state index < -0.39 is 0 Å². The molecule has 1 amide bonds. The van der Waals surface area contributed by atoms with Gasteiger partial charge in [-0.1, -0.05) is 31.1 Å². The smallest absolute Gasteiger partial charge is 0.223 e. The molecule has 0 spiro atoms. The lowest BCUT2D eigenvalue weighted by atomic mass is 9.89. The number of nitrogens with one attached hydrogen (secondary N) is 1. The van der Waals surface area contributed by atoms with E-state index in [1.54, 1.807) is 11.3 Å². The van der Waals surface area contributed by atoms with E-state index in [4.69, 9.17) is 5.11 Å². The van der Waals surface area contributed by atoms with E-state index in [0.717, 1.165) is 23.3 Å². The van der Waals surface area contributed by atoms with Crippen LogP contribution in [-0.2, 0) is 11.3 Å². The number of rotatable bonds is 4. The molecule has 0 radical (unpaired) electrons. The van der Waals surface area contributed by atoms with E-state index in [1.807, 2.05) is 11.4 Å². The fourth-order valence-electron chi connectivity index (χ4n) is 2.44. The topological polar surface area (TPSA) is 49.3 Å². The molecular weight excluding hydrogens is 270 g/mol. The van der Waals surface area contributed by atoms with Gasteiger partial charge < -0.3 is 10.4 Å². The molecule has 0 unspecified atom stereocenters. The molecule has 3 nitrogen and oxygen atoms in total. The number of aliphatic hydroxyl groups excluding tert-OH is 1. The Morgan fingerprint density at radius 1 is 1.40 bits per heavy atom. The van der Waals surface area contributed by atoms with Crippen molar-refractivity contribution in [1.29, 1.82) is 0 Å². The summed E-state index contributed by atoms with van der Waals surface area (Å²) in [6, 6.07) is 2.01. The van der Waals surface area contributed by atoms with Gasteiger partial charge in [0.05, 0.1) is 13.2 Å². The van der Waals surface area contributed by atoms with Crippen LogP contribution >= 0.6 is 11.3 Å². The molecule has 1 heterocycles. The molecule has 1 aromatic heterocycles. The lowest BCUT2D eigenvalue weighted by molar-refractivity contribution is -0.126. The van der Waals surface area contributed by atoms with Crippen molar-refractivity contribution in [3.8, 4) is 11.8 Å². The number of hydrogen-bond acceptors (Lipinski definition) is 3. The van der Waals surface area contributed by atoms with Gasteiger partial charge in [-0.05, 0) is 18.9 Å². The zero-order chi connectivity index (χ0) is 14.2. The molecule has 2 rings (SSSR count). The minimum Gasteiger partial charge on any atom is -0.395 e. The molecule has 1 aromatic rings. The molecule has 108 valence electrons. The summed E-state index contributed by atoms with van der Waals surface area (Å²) in [7, 11) is 0. The average Bonchev–Trinajstić information content (AvgIpc) is 2.94. The van der Waals surface area contributed by atoms with Gasteiger partial charge in [0.25, 0.3) is 0 Å². The molecule has 0 bridgehead atoms. The predicted octanol–water partition coefficient (Wildman–Crippen LogP) is 2.68. The third kappa shape index (κ3) is 4.66. The molecule has 2 N–H and O–H groups in total. The molecule has 4 heteroatoms. The highest BCUT2D eigenvalue weighted by Gasteiger charge is 2.20. The van der Waals surface area contributed by atoms with Crippen molar-refractivity contribution < 1.29 is 9.90 Å². The van der Waals surface area contributed by atoms with Gasteiger partial charge in [-0.2, -0.15) is 0 Å². The molecule has 1 aliphatic carbocycles. The largest absolute Gasteiger partial charge is 0.395 e. The fraction of sp³-hybridized carbons (Fsp3) is 0.562. The summed E-state index contributed by atoms with van der Waals surface area (Å²) in [6.45, 7) is 0.698. The van der Waals surface area contributed by atoms with Crippen LogP contribution in [0.2, 0.25) is 0 Å². The number of thiophene rings is 1. The SMILES string of the molecule is O=C(NCc1cc(C#CCCO)cs1)C1CCCCC1. The molecule has 1 fully saturated rings. The lowest BCUT2D eigenvalue weighted by Crippen LogP contribution is -2.31. The van der Waals surface area contributed by atoms with Crippen LogP contribution in [0.25, 0.3) is 0 Å². The van der Waals surface area contributed by atoms with Crippen LogP contribution in [0.5, 0.6) is 0 Å². The highest BCUT2D eigenvalue weighted by molar-refractivity contribution is 7.10. The van der Waals surface area contributed by atoms with Crippen molar-refractivity contribution >= 4 is 17.2 Å². The van der Waals surface area contributed by atoms with Crippen molar-refractivity contribution in [2.24, 2.45) is 5.92 Å². The number of hydrogen-bond donors (Lipinski definition) is 2. The number of carbonyl (C=O) groups is 1. The molecule has 0 saturated heterocycles. The second kappa shape index (κ2) is 8.08. The van der Waals surface area contributed by atoms with E-state index in [-0.39, 0.29) is 18.4 Å². The molecule has 1 saturated carbocycles. The third-order valence-corrected chi connectivity index (χ3v) is 4.47. The summed E-state index contributed by atoms with van der Waals surface area (Å²) < 4.78 is 0. The summed E-state index contributed by atoms with van der Waals surface area (Å²) >= 11 is 1.62. The Bertz CT molecular complexity index is 492. The first-order valence-electron chi connectivity index (χ1n) is 7.24. The molecule has 1 aliphatic rings. The van der Waals surface area contributed by atoms with Gasteiger partial charge in [-0.15, -0.1) is 11.3 Å². The first-order valence-corrected chi connectivity index (χ1v) is 8.12. The fourth-order valence-corrected chi connectivity index (χ4v) is 3.20. The molecule has 0 atom stereocenters. The normalized spacial score (nSPS) is 15.4. The van der Waals surface area contributed by atoms with Crippen molar-refractivity contribution in [2.75, 3.05) is 6.61 Å². The van der Waals surface area contributed by atoms with Gasteiger partial charge in [0.2, 0.25) is 5.91 Å². The lowest BCUT2D eigenvalue weighted by Gasteiger charge is -2.20. The first-order chi connectivity index (χ1) is 9.79. The van der Waals surface area contributed by atoms with Crippen LogP contribution in [0.1, 0.15) is 49.0 Å². The highest BCUT2D eigenvalue weighted by Crippen LogP contribution is 2.24. The van der Waals surface area contributed by atoms with Crippen molar-refractivity contribution in [3.63, 3.8) is 0 Å². The van der Waals surface area contributed by atoms with Crippen LogP contribution in [0, 0.1) is 17.8 Å². The Balaban J connectivity index is 1.79. The second-order valence-electron chi connectivity index (χ2n) is 5.13. The summed E-state index contributed by atoms with van der Waals surface area (Å²) in [5.74, 6) is 6.32. The Morgan fingerprint density at radius 2 is 2.20 bits per heavy atom. The van der Waals surface area contributed by atoms with Crippen molar-refractivity contribution in [3.05, 3.63) is 21.9 Å². The average molecular weight is 291 g/mol. The minimum absolute atomic E-state index is 0.0987. The minimum atomic E-state index is 0.0987. The van der Waals surface area contributed by atoms with E-state index in [2.05, 4.69) is 17.2 Å². The standard InChI is InChI=1S/C16H21NO2S/c18-9-5-4-6-13-10-15(20-12-13)11-17-16(19)14-7-2-1-3-8-14/h10,12,14,18H,1-3,5,7-9,11H2,(H,17,19). The van der Waals surface area contributed by atoms with Gasteiger partial charge in [0.15, 0.2) is 0 Å². The number of amides is 1. The third-order valence-electron chi connectivity index (χ3n) is 3.54.